The third kappa shape index (κ3) is 6.23. The van der Waals surface area contributed by atoms with Gasteiger partial charge in [-0.15, -0.1) is 6.58 Å². The maximum Gasteiger partial charge on any atom is 0.261 e. The first-order valence-corrected chi connectivity index (χ1v) is 20.9. The summed E-state index contributed by atoms with van der Waals surface area (Å²) in [5, 5.41) is 2.59. The molecule has 1 spiro atoms. The van der Waals surface area contributed by atoms with E-state index in [0.717, 1.165) is 76.1 Å². The molecule has 1 aromatic heterocycles. The second-order valence-corrected chi connectivity index (χ2v) is 20.4. The fraction of sp³-hybridized carbons (Fsp3) is 0.512. The van der Waals surface area contributed by atoms with Crippen molar-refractivity contribution >= 4 is 24.6 Å². The number of benzene rings is 2. The van der Waals surface area contributed by atoms with Crippen LogP contribution in [-0.4, -0.2) is 56.3 Å². The first kappa shape index (κ1) is 34.3. The lowest BCUT2D eigenvalue weighted by molar-refractivity contribution is -0.135. The van der Waals surface area contributed by atoms with Crippen LogP contribution in [0.25, 0.3) is 0 Å². The highest BCUT2D eigenvalue weighted by molar-refractivity contribution is 6.99. The number of likely N-dealkylation sites (tertiary alicyclic amines) is 1. The van der Waals surface area contributed by atoms with Gasteiger partial charge in [-0.3, -0.25) is 4.79 Å². The number of aryl methyl sites for hydroxylation is 1. The van der Waals surface area contributed by atoms with Gasteiger partial charge in [0, 0.05) is 31.4 Å². The molecule has 0 bridgehead atoms. The van der Waals surface area contributed by atoms with Gasteiger partial charge >= 0.3 is 0 Å². The normalized spacial score (nSPS) is 26.0. The van der Waals surface area contributed by atoms with Crippen molar-refractivity contribution < 1.29 is 13.6 Å². The van der Waals surface area contributed by atoms with Gasteiger partial charge in [-0.05, 0) is 97.4 Å². The van der Waals surface area contributed by atoms with E-state index in [9.17, 15) is 4.79 Å². The molecule has 6 heteroatoms. The summed E-state index contributed by atoms with van der Waals surface area (Å²) in [5.74, 6) is 2.89. The van der Waals surface area contributed by atoms with E-state index in [1.807, 2.05) is 6.08 Å². The summed E-state index contributed by atoms with van der Waals surface area (Å²) in [7, 11) is -2.58. The van der Waals surface area contributed by atoms with E-state index in [-0.39, 0.29) is 22.5 Å². The van der Waals surface area contributed by atoms with Crippen molar-refractivity contribution in [2.75, 3.05) is 26.2 Å². The van der Waals surface area contributed by atoms with Crippen molar-refractivity contribution in [3.05, 3.63) is 109 Å². The van der Waals surface area contributed by atoms with Crippen LogP contribution in [0.2, 0.25) is 5.04 Å². The van der Waals surface area contributed by atoms with E-state index in [1.165, 1.54) is 28.8 Å². The van der Waals surface area contributed by atoms with Crippen LogP contribution < -0.4 is 10.4 Å². The Morgan fingerprint density at radius 3 is 2.47 bits per heavy atom. The Labute approximate surface area is 295 Å². The fourth-order valence-electron chi connectivity index (χ4n) is 9.98. The van der Waals surface area contributed by atoms with Crippen molar-refractivity contribution in [1.82, 2.24) is 9.80 Å². The number of allylic oxidation sites excluding steroid dienone is 2. The van der Waals surface area contributed by atoms with E-state index in [1.54, 1.807) is 0 Å². The summed E-state index contributed by atoms with van der Waals surface area (Å²) < 4.78 is 14.1. The molecule has 0 unspecified atom stereocenters. The van der Waals surface area contributed by atoms with Crippen molar-refractivity contribution in [3.63, 3.8) is 0 Å². The number of carbonyl (C=O) groups excluding carboxylic acids is 1. The van der Waals surface area contributed by atoms with Gasteiger partial charge in [0.25, 0.3) is 8.32 Å². The number of unbranched alkanes of at least 4 members (excludes halogenated alkanes) is 2. The molecule has 4 heterocycles. The lowest BCUT2D eigenvalue weighted by Gasteiger charge is -2.45. The topological polar surface area (TPSA) is 45.9 Å². The molecule has 260 valence electrons. The second kappa shape index (κ2) is 14.2. The standard InChI is InChI=1S/C43H56N2O3Si/c1-5-6-7-17-27-44-28-26-38-37-30-34(48-40(37)41-43(38,32-44)31-33-19-11-8-16-25-39(46)45(33)41)20-18-29-47-49(42(2,3)4,35-21-12-9-13-22-35)36-23-14-10-15-24-36/h5,9-15,19,21-24,30,33,38,41H,1,6-8,16-18,20,25-29,31-32H2,2-4H3/b19-11-/t33-,38-,41-,43-/m1/s1. The molecular weight excluding hydrogens is 621 g/mol. The molecule has 2 fully saturated rings. The summed E-state index contributed by atoms with van der Waals surface area (Å²) in [6.45, 7) is 14.9. The summed E-state index contributed by atoms with van der Waals surface area (Å²) in [6.07, 6.45) is 16.7. The van der Waals surface area contributed by atoms with Crippen molar-refractivity contribution in [3.8, 4) is 0 Å². The smallest absolute Gasteiger partial charge is 0.261 e. The van der Waals surface area contributed by atoms with Crippen LogP contribution in [0.4, 0.5) is 0 Å². The minimum absolute atomic E-state index is 0.0325. The number of piperidine rings is 1. The zero-order valence-electron chi connectivity index (χ0n) is 30.0. The maximum atomic E-state index is 13.8. The lowest BCUT2D eigenvalue weighted by atomic mass is 9.68. The lowest BCUT2D eigenvalue weighted by Crippen LogP contribution is -2.66. The minimum Gasteiger partial charge on any atom is -0.464 e. The largest absolute Gasteiger partial charge is 0.464 e. The van der Waals surface area contributed by atoms with E-state index >= 15 is 0 Å². The zero-order chi connectivity index (χ0) is 34.1. The van der Waals surface area contributed by atoms with E-state index in [2.05, 4.69) is 116 Å². The number of amides is 1. The molecule has 3 aliphatic heterocycles. The Bertz CT molecular complexity index is 1590. The monoisotopic (exact) mass is 676 g/mol. The fourth-order valence-corrected chi connectivity index (χ4v) is 14.6. The predicted octanol–water partition coefficient (Wildman–Crippen LogP) is 8.32. The Morgan fingerprint density at radius 1 is 1.04 bits per heavy atom. The Morgan fingerprint density at radius 2 is 1.78 bits per heavy atom. The number of hydrogen-bond donors (Lipinski definition) is 0. The van der Waals surface area contributed by atoms with Gasteiger partial charge in [0.05, 0.1) is 12.1 Å². The van der Waals surface area contributed by atoms with Crippen LogP contribution >= 0.6 is 0 Å². The van der Waals surface area contributed by atoms with Crippen LogP contribution in [0.15, 0.2) is 96.0 Å². The highest BCUT2D eigenvalue weighted by Gasteiger charge is 2.65. The number of carbonyl (C=O) groups is 1. The summed E-state index contributed by atoms with van der Waals surface area (Å²) in [5.41, 5.74) is 1.42. The number of furan rings is 1. The van der Waals surface area contributed by atoms with Crippen molar-refractivity contribution in [2.45, 2.75) is 108 Å². The molecule has 0 radical (unpaired) electrons. The first-order chi connectivity index (χ1) is 23.8. The highest BCUT2D eigenvalue weighted by atomic mass is 28.4. The van der Waals surface area contributed by atoms with E-state index in [4.69, 9.17) is 8.84 Å². The third-order valence-corrected chi connectivity index (χ3v) is 17.1. The molecule has 49 heavy (non-hydrogen) atoms. The van der Waals surface area contributed by atoms with Gasteiger partial charge in [0.2, 0.25) is 5.91 Å². The van der Waals surface area contributed by atoms with Gasteiger partial charge in [-0.1, -0.05) is 99.7 Å². The van der Waals surface area contributed by atoms with Crippen molar-refractivity contribution in [2.24, 2.45) is 5.41 Å². The Hall–Kier alpha value is -3.19. The molecule has 4 atom stereocenters. The van der Waals surface area contributed by atoms with Gasteiger partial charge in [0.1, 0.15) is 11.5 Å². The molecule has 1 amide bonds. The van der Waals surface area contributed by atoms with Crippen LogP contribution in [0, 0.1) is 5.41 Å². The Kier molecular flexibility index (Phi) is 9.93. The van der Waals surface area contributed by atoms with Crippen LogP contribution in [0.1, 0.15) is 108 Å². The quantitative estimate of drug-likeness (QED) is 0.110. The molecule has 1 aliphatic carbocycles. The molecule has 2 aromatic carbocycles. The van der Waals surface area contributed by atoms with Gasteiger partial charge in [0.15, 0.2) is 0 Å². The summed E-state index contributed by atoms with van der Waals surface area (Å²) in [4.78, 5) is 18.8. The van der Waals surface area contributed by atoms with E-state index in [0.29, 0.717) is 24.9 Å². The average Bonchev–Trinajstić information content (AvgIpc) is 3.71. The molecule has 2 saturated heterocycles. The molecule has 0 saturated carbocycles. The van der Waals surface area contributed by atoms with Crippen LogP contribution in [0.3, 0.4) is 0 Å². The second-order valence-electron chi connectivity index (χ2n) is 16.1. The van der Waals surface area contributed by atoms with Crippen LogP contribution in [0.5, 0.6) is 0 Å². The molecule has 4 aliphatic rings. The van der Waals surface area contributed by atoms with Crippen molar-refractivity contribution in [1.29, 1.82) is 0 Å². The average molecular weight is 677 g/mol. The maximum absolute atomic E-state index is 13.8. The van der Waals surface area contributed by atoms with Gasteiger partial charge < -0.3 is 18.6 Å². The van der Waals surface area contributed by atoms with Gasteiger partial charge in [-0.2, -0.15) is 0 Å². The summed E-state index contributed by atoms with van der Waals surface area (Å²) >= 11 is 0. The SMILES string of the molecule is C=CCCCCN1CC[C@@H]2c3cc(CCCO[Si](c4ccccc4)(c4ccccc4)C(C)(C)C)oc3[C@H]3N4C(=O)CCC/C=C\[C@@H]4C[C@@]23C1. The predicted molar refractivity (Wildman–Crippen MR) is 202 cm³/mol. The molecule has 0 N–H and O–H groups in total. The first-order valence-electron chi connectivity index (χ1n) is 19.0. The summed E-state index contributed by atoms with van der Waals surface area (Å²) in [6, 6.07) is 24.4. The molecular formula is C43H56N2O3Si. The minimum atomic E-state index is -2.58. The Balaban J connectivity index is 1.13. The highest BCUT2D eigenvalue weighted by Crippen LogP contribution is 2.67. The molecule has 5 nitrogen and oxygen atoms in total. The zero-order valence-corrected chi connectivity index (χ0v) is 31.0. The van der Waals surface area contributed by atoms with Crippen LogP contribution in [-0.2, 0) is 15.6 Å². The van der Waals surface area contributed by atoms with Gasteiger partial charge in [-0.25, -0.2) is 0 Å². The number of nitrogens with zero attached hydrogens (tertiary/aromatic N) is 2. The third-order valence-electron chi connectivity index (χ3n) is 12.0. The molecule has 3 aromatic rings. The molecule has 7 rings (SSSR count). The number of fused-ring (bicyclic) bond motifs is 5. The number of rotatable bonds is 12. The van der Waals surface area contributed by atoms with E-state index < -0.39 is 8.32 Å². The number of hydrogen-bond acceptors (Lipinski definition) is 4.